The van der Waals surface area contributed by atoms with E-state index < -0.39 is 11.6 Å². The number of benzene rings is 1. The third-order valence-electron chi connectivity index (χ3n) is 3.84. The van der Waals surface area contributed by atoms with E-state index in [-0.39, 0.29) is 5.91 Å². The fraction of sp³-hybridized carbons (Fsp3) is 0.533. The van der Waals surface area contributed by atoms with Crippen LogP contribution in [-0.2, 0) is 4.79 Å². The first-order chi connectivity index (χ1) is 9.00. The molecule has 0 aromatic heterocycles. The molecule has 4 heteroatoms. The summed E-state index contributed by atoms with van der Waals surface area (Å²) in [6.07, 6.45) is 3.56. The van der Waals surface area contributed by atoms with Crippen molar-refractivity contribution in [1.82, 2.24) is 5.32 Å². The number of carbonyl (C=O) groups is 1. The van der Waals surface area contributed by atoms with Crippen molar-refractivity contribution in [3.63, 3.8) is 0 Å². The molecule has 1 aliphatic rings. The average molecular weight is 262 g/mol. The zero-order valence-electron chi connectivity index (χ0n) is 11.4. The van der Waals surface area contributed by atoms with E-state index >= 15 is 0 Å². The van der Waals surface area contributed by atoms with Gasteiger partial charge in [-0.2, -0.15) is 0 Å². The van der Waals surface area contributed by atoms with Crippen molar-refractivity contribution in [2.45, 2.75) is 44.2 Å². The highest BCUT2D eigenvalue weighted by Gasteiger charge is 2.31. The lowest BCUT2D eigenvalue weighted by molar-refractivity contribution is -0.123. The molecule has 1 saturated carbocycles. The third kappa shape index (κ3) is 3.55. The van der Waals surface area contributed by atoms with Crippen LogP contribution < -0.4 is 11.1 Å². The SMILES string of the molecule is Cc1ccc(C(N)C(=O)NCC2(O)CCCC2)cc1. The number of amides is 1. The van der Waals surface area contributed by atoms with Crippen molar-refractivity contribution in [1.29, 1.82) is 0 Å². The number of hydrogen-bond acceptors (Lipinski definition) is 3. The summed E-state index contributed by atoms with van der Waals surface area (Å²) in [6.45, 7) is 2.29. The molecule has 19 heavy (non-hydrogen) atoms. The van der Waals surface area contributed by atoms with E-state index in [4.69, 9.17) is 5.73 Å². The van der Waals surface area contributed by atoms with E-state index in [2.05, 4.69) is 5.32 Å². The topological polar surface area (TPSA) is 75.4 Å². The molecule has 0 saturated heterocycles. The average Bonchev–Trinajstić information content (AvgIpc) is 2.83. The zero-order valence-corrected chi connectivity index (χ0v) is 11.4. The molecule has 1 atom stereocenters. The number of hydrogen-bond donors (Lipinski definition) is 3. The highest BCUT2D eigenvalue weighted by atomic mass is 16.3. The van der Waals surface area contributed by atoms with Crippen LogP contribution in [0.5, 0.6) is 0 Å². The maximum Gasteiger partial charge on any atom is 0.241 e. The number of carbonyl (C=O) groups excluding carboxylic acids is 1. The number of aryl methyl sites for hydroxylation is 1. The van der Waals surface area contributed by atoms with Crippen molar-refractivity contribution in [3.8, 4) is 0 Å². The van der Waals surface area contributed by atoms with Gasteiger partial charge in [-0.3, -0.25) is 4.79 Å². The monoisotopic (exact) mass is 262 g/mol. The van der Waals surface area contributed by atoms with Crippen LogP contribution in [0.2, 0.25) is 0 Å². The summed E-state index contributed by atoms with van der Waals surface area (Å²) in [5.74, 6) is -0.232. The largest absolute Gasteiger partial charge is 0.388 e. The van der Waals surface area contributed by atoms with Crippen LogP contribution in [0.25, 0.3) is 0 Å². The molecule has 1 aromatic rings. The summed E-state index contributed by atoms with van der Waals surface area (Å²) in [7, 11) is 0. The van der Waals surface area contributed by atoms with Crippen LogP contribution in [0.15, 0.2) is 24.3 Å². The molecular weight excluding hydrogens is 240 g/mol. The van der Waals surface area contributed by atoms with Gasteiger partial charge in [-0.25, -0.2) is 0 Å². The van der Waals surface area contributed by atoms with Crippen molar-refractivity contribution in [3.05, 3.63) is 35.4 Å². The molecule has 4 N–H and O–H groups in total. The molecule has 0 radical (unpaired) electrons. The van der Waals surface area contributed by atoms with Gasteiger partial charge in [0, 0.05) is 6.54 Å². The van der Waals surface area contributed by atoms with Crippen LogP contribution in [0.4, 0.5) is 0 Å². The van der Waals surface area contributed by atoms with Crippen LogP contribution in [0.1, 0.15) is 42.9 Å². The second-order valence-electron chi connectivity index (χ2n) is 5.54. The summed E-state index contributed by atoms with van der Waals surface area (Å²) in [5.41, 5.74) is 7.12. The first-order valence-electron chi connectivity index (χ1n) is 6.82. The second kappa shape index (κ2) is 5.72. The van der Waals surface area contributed by atoms with E-state index in [1.54, 1.807) is 0 Å². The summed E-state index contributed by atoms with van der Waals surface area (Å²) < 4.78 is 0. The molecular formula is C15H22N2O2. The summed E-state index contributed by atoms with van der Waals surface area (Å²) in [6, 6.07) is 6.93. The normalized spacial score (nSPS) is 19.1. The van der Waals surface area contributed by atoms with Crippen molar-refractivity contribution < 1.29 is 9.90 Å². The van der Waals surface area contributed by atoms with Gasteiger partial charge in [0.1, 0.15) is 6.04 Å². The maximum absolute atomic E-state index is 12.0. The van der Waals surface area contributed by atoms with Gasteiger partial charge in [-0.1, -0.05) is 42.7 Å². The smallest absolute Gasteiger partial charge is 0.241 e. The number of rotatable bonds is 4. The minimum atomic E-state index is -0.733. The van der Waals surface area contributed by atoms with Gasteiger partial charge in [-0.05, 0) is 25.3 Å². The summed E-state index contributed by atoms with van der Waals surface area (Å²) in [4.78, 5) is 12.0. The minimum Gasteiger partial charge on any atom is -0.388 e. The Morgan fingerprint density at radius 1 is 1.37 bits per heavy atom. The molecule has 1 fully saturated rings. The fourth-order valence-electron chi connectivity index (χ4n) is 2.50. The van der Waals surface area contributed by atoms with Crippen LogP contribution in [0.3, 0.4) is 0 Å². The third-order valence-corrected chi connectivity index (χ3v) is 3.84. The van der Waals surface area contributed by atoms with E-state index in [0.717, 1.165) is 36.8 Å². The highest BCUT2D eigenvalue weighted by Crippen LogP contribution is 2.28. The van der Waals surface area contributed by atoms with Crippen LogP contribution >= 0.6 is 0 Å². The molecule has 1 aromatic carbocycles. The quantitative estimate of drug-likeness (QED) is 0.768. The van der Waals surface area contributed by atoms with Crippen LogP contribution in [-0.4, -0.2) is 23.2 Å². The lowest BCUT2D eigenvalue weighted by Gasteiger charge is -2.23. The number of aliphatic hydroxyl groups is 1. The van der Waals surface area contributed by atoms with Gasteiger partial charge in [0.25, 0.3) is 0 Å². The molecule has 4 nitrogen and oxygen atoms in total. The Labute approximate surface area is 114 Å². The van der Waals surface area contributed by atoms with E-state index in [1.807, 2.05) is 31.2 Å². The molecule has 0 heterocycles. The van der Waals surface area contributed by atoms with E-state index in [1.165, 1.54) is 0 Å². The lowest BCUT2D eigenvalue weighted by atomic mass is 10.0. The van der Waals surface area contributed by atoms with Crippen LogP contribution in [0, 0.1) is 6.92 Å². The number of nitrogens with one attached hydrogen (secondary N) is 1. The summed E-state index contributed by atoms with van der Waals surface area (Å²) in [5, 5.41) is 12.9. The van der Waals surface area contributed by atoms with E-state index in [9.17, 15) is 9.90 Å². The predicted octanol–water partition coefficient (Wildman–Crippen LogP) is 1.42. The Kier molecular flexibility index (Phi) is 4.22. The van der Waals surface area contributed by atoms with Gasteiger partial charge >= 0.3 is 0 Å². The van der Waals surface area contributed by atoms with Crippen molar-refractivity contribution >= 4 is 5.91 Å². The van der Waals surface area contributed by atoms with Gasteiger partial charge in [-0.15, -0.1) is 0 Å². The van der Waals surface area contributed by atoms with Crippen molar-refractivity contribution in [2.75, 3.05) is 6.54 Å². The van der Waals surface area contributed by atoms with E-state index in [0.29, 0.717) is 6.54 Å². The molecule has 0 aliphatic heterocycles. The summed E-state index contributed by atoms with van der Waals surface area (Å²) >= 11 is 0. The Morgan fingerprint density at radius 2 is 1.95 bits per heavy atom. The predicted molar refractivity (Wildman–Crippen MR) is 74.5 cm³/mol. The first kappa shape index (κ1) is 14.0. The minimum absolute atomic E-state index is 0.232. The maximum atomic E-state index is 12.0. The molecule has 0 spiro atoms. The molecule has 104 valence electrons. The molecule has 1 unspecified atom stereocenters. The Morgan fingerprint density at radius 3 is 2.53 bits per heavy atom. The fourth-order valence-corrected chi connectivity index (χ4v) is 2.50. The Balaban J connectivity index is 1.90. The van der Waals surface area contributed by atoms with Gasteiger partial charge < -0.3 is 16.2 Å². The standard InChI is InChI=1S/C15H22N2O2/c1-11-4-6-12(7-5-11)13(16)14(18)17-10-15(19)8-2-3-9-15/h4-7,13,19H,2-3,8-10,16H2,1H3,(H,17,18). The zero-order chi connectivity index (χ0) is 13.9. The van der Waals surface area contributed by atoms with Gasteiger partial charge in [0.05, 0.1) is 5.60 Å². The molecule has 0 bridgehead atoms. The highest BCUT2D eigenvalue weighted by molar-refractivity contribution is 5.83. The van der Waals surface area contributed by atoms with Gasteiger partial charge in [0.2, 0.25) is 5.91 Å². The number of nitrogens with two attached hydrogens (primary N) is 1. The molecule has 1 aliphatic carbocycles. The molecule has 1 amide bonds. The lowest BCUT2D eigenvalue weighted by Crippen LogP contribution is -2.44. The Bertz CT molecular complexity index is 436. The molecule has 2 rings (SSSR count). The van der Waals surface area contributed by atoms with Gasteiger partial charge in [0.15, 0.2) is 0 Å². The Hall–Kier alpha value is -1.39. The first-order valence-corrected chi connectivity index (χ1v) is 6.82. The van der Waals surface area contributed by atoms with Crippen molar-refractivity contribution in [2.24, 2.45) is 5.73 Å². The second-order valence-corrected chi connectivity index (χ2v) is 5.54.